The third-order valence-electron chi connectivity index (χ3n) is 23.9. The van der Waals surface area contributed by atoms with Gasteiger partial charge in [-0.1, -0.05) is 43.4 Å². The molecule has 24 atom stereocenters. The molecule has 12 aromatic heterocycles. The molecule has 6 aliphatic heterocycles. The lowest BCUT2D eigenvalue weighted by Crippen LogP contribution is -2.38. The molecule has 0 spiro atoms. The number of aliphatic hydroxyl groups is 14. The van der Waals surface area contributed by atoms with Crippen LogP contribution in [-0.4, -0.2) is 412 Å². The smallest absolute Gasteiger partial charge is 0.407 e. The van der Waals surface area contributed by atoms with Crippen molar-refractivity contribution in [3.8, 4) is 0 Å². The van der Waals surface area contributed by atoms with Gasteiger partial charge in [0.2, 0.25) is 0 Å². The Kier molecular flexibility index (Phi) is 38.9. The van der Waals surface area contributed by atoms with Crippen LogP contribution in [0.25, 0.3) is 67.0 Å². The minimum absolute atomic E-state index is 0.0809. The van der Waals surface area contributed by atoms with Crippen LogP contribution in [0, 0.1) is 34.6 Å². The number of amides is 1. The van der Waals surface area contributed by atoms with Crippen LogP contribution in [-0.2, 0) is 33.2 Å². The average Bonchev–Trinajstić information content (AvgIpc) is 1.64. The zero-order chi connectivity index (χ0) is 106. The van der Waals surface area contributed by atoms with E-state index in [-0.39, 0.29) is 40.8 Å². The van der Waals surface area contributed by atoms with Gasteiger partial charge in [-0.2, -0.15) is 0 Å². The van der Waals surface area contributed by atoms with E-state index >= 15 is 0 Å². The van der Waals surface area contributed by atoms with Crippen LogP contribution < -0.4 is 50.8 Å². The van der Waals surface area contributed by atoms with Gasteiger partial charge in [-0.25, -0.2) is 94.5 Å². The number of aliphatic hydroxyl groups excluding tert-OH is 14. The Morgan fingerprint density at radius 2 is 0.685 bits per heavy atom. The molecule has 0 aromatic carbocycles. The number of halogens is 3. The van der Waals surface area contributed by atoms with Crippen molar-refractivity contribution in [2.45, 2.75) is 222 Å². The fraction of sp³-hybridized carbons (Fsp3) is 0.570. The molecule has 57 nitrogen and oxygen atoms in total. The summed E-state index contributed by atoms with van der Waals surface area (Å²) >= 11 is 14.3. The van der Waals surface area contributed by atoms with E-state index in [1.807, 2.05) is 56.8 Å². The van der Waals surface area contributed by atoms with Gasteiger partial charge in [0, 0.05) is 51.7 Å². The highest BCUT2D eigenvalue weighted by molar-refractivity contribution is 9.10. The van der Waals surface area contributed by atoms with Crippen molar-refractivity contribution in [1.82, 2.24) is 138 Å². The van der Waals surface area contributed by atoms with Crippen molar-refractivity contribution in [3.05, 3.63) is 108 Å². The number of allylic oxidation sites excluding steroid dienone is 2. The number of likely N-dealkylation sites (N-methyl/N-ethyl adjacent to an activating group) is 3. The summed E-state index contributed by atoms with van der Waals surface area (Å²) in [6.45, 7) is 19.2. The van der Waals surface area contributed by atoms with Crippen LogP contribution in [0.15, 0.2) is 79.2 Å². The highest BCUT2D eigenvalue weighted by Gasteiger charge is 2.51. The van der Waals surface area contributed by atoms with Gasteiger partial charge >= 0.3 is 6.09 Å². The van der Waals surface area contributed by atoms with Crippen molar-refractivity contribution < 1.29 is 109 Å². The Hall–Kier alpha value is -11.3. The van der Waals surface area contributed by atoms with E-state index in [1.54, 1.807) is 72.1 Å². The van der Waals surface area contributed by atoms with Crippen molar-refractivity contribution in [2.75, 3.05) is 126 Å². The summed E-state index contributed by atoms with van der Waals surface area (Å²) in [4.78, 5) is 88.9. The highest BCUT2D eigenvalue weighted by atomic mass is 79.9. The Morgan fingerprint density at radius 1 is 0.411 bits per heavy atom. The predicted molar refractivity (Wildman–Crippen MR) is 531 cm³/mol. The minimum atomic E-state index is -1.22. The minimum Gasteiger partial charge on any atom is -0.444 e. The number of aryl methyl sites for hydroxylation is 5. The number of hydrogen-bond donors (Lipinski definition) is 23. The number of ether oxygens (including phenoxy) is 7. The lowest BCUT2D eigenvalue weighted by Gasteiger charge is -2.21. The predicted octanol–water partition coefficient (Wildman–Crippen LogP) is -3.44. The van der Waals surface area contributed by atoms with Crippen LogP contribution in [0.4, 0.5) is 39.7 Å². The van der Waals surface area contributed by atoms with Gasteiger partial charge < -0.3 is 165 Å². The quantitative estimate of drug-likeness (QED) is 0.0159. The summed E-state index contributed by atoms with van der Waals surface area (Å²) in [6.07, 6.45) is -2.27. The van der Waals surface area contributed by atoms with Crippen LogP contribution in [0.2, 0.25) is 0 Å². The second-order valence-corrected chi connectivity index (χ2v) is 36.7. The monoisotopic (exact) mass is 2150 g/mol. The van der Waals surface area contributed by atoms with Crippen molar-refractivity contribution in [3.63, 3.8) is 0 Å². The summed E-state index contributed by atoms with van der Waals surface area (Å²) in [5.74, 6) is 4.81. The first-order valence-electron chi connectivity index (χ1n) is 46.0. The zero-order valence-electron chi connectivity index (χ0n) is 81.6. The fourth-order valence-electron chi connectivity index (χ4n) is 16.7. The molecule has 6 aliphatic rings. The fourth-order valence-corrected chi connectivity index (χ4v) is 17.6. The lowest BCUT2D eigenvalue weighted by atomic mass is 10.1. The summed E-state index contributed by atoms with van der Waals surface area (Å²) in [7, 11) is 5.60. The second-order valence-electron chi connectivity index (χ2n) is 35.4. The van der Waals surface area contributed by atoms with E-state index in [0.29, 0.717) is 146 Å². The number of alkyl halides is 2. The molecule has 12 aromatic rings. The summed E-state index contributed by atoms with van der Waals surface area (Å²) in [5, 5.41) is 146. The van der Waals surface area contributed by atoms with E-state index in [1.165, 1.54) is 47.1 Å². The number of nitrogens with zero attached hydrogens (tertiary/aromatic N) is 26. The SMILES string of the molecule is CC(C)(C)OC(=O)NC/C=C\CCl.CC/C=C\CN(C)C[C@H]1O[C@@H](n2c(C)nc3c(N)ncnc32)[C@H](O)[C@@H]1O.CNC[C@H]1O[C@@H](n2c(C)nc3c(N)ncnc32)[C@H](O)[C@@H]1O.Cc1nc2c(N)ncnc2n1[C@@H]1O[C@H](CCl)[C@@H](O)[C@H]1O.Cc1nc2c(N)ncnc2n1[C@@H]1O[C@H](CN(C)C/C=C\CN)[C@@H](O)[C@H]1O.Cc1nc2c(N)ncnc2n1[C@@H]1O[C@H](CO)[C@@H](O)[C@H]1O.Nc1ncnc2c1nc(Br)n2[C@@H]1O[C@H](CO)[C@@H](O)[C@H]1O. The van der Waals surface area contributed by atoms with E-state index in [9.17, 15) is 66.1 Å². The second kappa shape index (κ2) is 50.1. The molecular weight excluding hydrogens is 2030 g/mol. The zero-order valence-corrected chi connectivity index (χ0v) is 84.7. The van der Waals surface area contributed by atoms with Crippen LogP contribution in [0.3, 0.4) is 0 Å². The van der Waals surface area contributed by atoms with E-state index < -0.39 is 172 Å². The van der Waals surface area contributed by atoms with Crippen LogP contribution in [0.1, 0.15) is 101 Å². The first kappa shape index (κ1) is 113. The summed E-state index contributed by atoms with van der Waals surface area (Å²) in [6, 6.07) is 0. The third kappa shape index (κ3) is 25.1. The molecule has 18 heterocycles. The molecule has 0 aliphatic carbocycles. The molecule has 60 heteroatoms. The van der Waals surface area contributed by atoms with Crippen LogP contribution in [0.5, 0.6) is 0 Å². The number of imidazole rings is 6. The van der Waals surface area contributed by atoms with Gasteiger partial charge in [0.05, 0.1) is 19.1 Å². The van der Waals surface area contributed by atoms with Gasteiger partial charge in [0.1, 0.15) is 183 Å². The van der Waals surface area contributed by atoms with E-state index in [4.69, 9.17) is 107 Å². The number of alkyl carbamates (subject to hydrolysis) is 1. The number of nitrogen functional groups attached to an aromatic ring is 6. The van der Waals surface area contributed by atoms with Gasteiger partial charge in [0.15, 0.2) is 144 Å². The maximum Gasteiger partial charge on any atom is 0.407 e. The van der Waals surface area contributed by atoms with Gasteiger partial charge in [-0.3, -0.25) is 27.4 Å². The summed E-state index contributed by atoms with van der Waals surface area (Å²) < 4.78 is 49.1. The number of nitrogens with two attached hydrogens (primary N) is 7. The number of fused-ring (bicyclic) bond motifs is 6. The largest absolute Gasteiger partial charge is 0.444 e. The molecule has 798 valence electrons. The molecule has 0 bridgehead atoms. The molecule has 6 saturated heterocycles. The number of hydrogen-bond acceptors (Lipinski definition) is 50. The van der Waals surface area contributed by atoms with Gasteiger partial charge in [0.25, 0.3) is 0 Å². The Balaban J connectivity index is 0.000000153. The number of aromatic nitrogens is 24. The first-order valence-corrected chi connectivity index (χ1v) is 47.8. The van der Waals surface area contributed by atoms with E-state index in [0.717, 1.165) is 13.0 Å². The normalized spacial score (nSPS) is 27.1. The topological polar surface area (TPSA) is 839 Å². The van der Waals surface area contributed by atoms with Gasteiger partial charge in [-0.05, 0) is 98.9 Å². The molecular formula is C86H126BrCl2N35O22. The molecule has 0 saturated carbocycles. The average molecular weight is 2150 g/mol. The Bertz CT molecular complexity index is 6060. The van der Waals surface area contributed by atoms with Crippen LogP contribution >= 0.6 is 39.1 Å². The molecule has 6 fully saturated rings. The third-order valence-corrected chi connectivity index (χ3v) is 24.9. The molecule has 18 rings (SSSR count). The highest BCUT2D eigenvalue weighted by Crippen LogP contribution is 2.41. The lowest BCUT2D eigenvalue weighted by molar-refractivity contribution is -0.0521. The maximum atomic E-state index is 11.0. The molecule has 1 amide bonds. The van der Waals surface area contributed by atoms with Gasteiger partial charge in [-0.15, -0.1) is 23.2 Å². The molecule has 0 radical (unpaired) electrons. The Labute approximate surface area is 851 Å². The molecule has 0 unspecified atom stereocenters. The summed E-state index contributed by atoms with van der Waals surface area (Å²) in [5.41, 5.74) is 44.9. The number of carbonyl (C=O) groups excluding carboxylic acids is 1. The van der Waals surface area contributed by atoms with Crippen molar-refractivity contribution in [2.24, 2.45) is 5.73 Å². The standard InChI is InChI=1S/C17H26N6O3.C16H25N7O3.C12H18N6O3.C11H14ClN5O3.C11H15N5O4.C10H12BrN5O4.C9H16ClNO2/c1-4-5-6-7-22(3)8-11-13(24)14(25)17(26-11)23-10(2)21-12-15(18)19-9-20-16(12)23;1-9-21-11-14(18)19-8-20-15(11)23(9)16-13(25)12(24)10(26-16)7-22(2)6-4-3-5-17;1-5-17-7-10(13)15-4-16-11(7)18(5)12-9(20)8(19)6(21-12)3-14-2;1-4-16-6-9(13)14-3-15-10(6)17(4)11-8(19)7(18)5(2-12)20-11;1-4-15-6-9(12)13-3-14-10(6)16(4)11-8(19)7(18)5(2-17)20-11;11-10-15-4-7(12)13-2-14-8(4)16(10)9-6(19)5(18)3(1-17)20-9;1-9(2,3)13-8(12)11-7-5-4-6-10/h5-6,9,11,13-14,17,24-25H,4,7-8H2,1-3H3,(H2,18,19,20);3-4,8,10,12-13,16,24-25H,5-7,17H2,1-2H3,(H2,18,19,20);4,6,8-9,12,14,19-20H,3H2,1-2H3,(H2,13,15,16);3,5,7-8,11,18-19H,2H2,1H3,(H2,13,14,15);3,5,7-8,11,17-19H,2H2,1H3,(H2,12,13,14);2-3,5-6,9,17-19H,1H2,(H2,12,13,14);4-5H,6-7H2,1-3H3,(H,11,12)/b6-5-;4-3-;;;;;5-4-/t11-,13-,14-,17-;10-,12-,13-,16-;6-,8-,9-,12-;2*5-,7-,8-,11-;3-,5-,6-,9-;/m111111./s1. The molecule has 146 heavy (non-hydrogen) atoms. The van der Waals surface area contributed by atoms with E-state index in [2.05, 4.69) is 135 Å². The number of carbonyl (C=O) groups is 1. The molecule has 30 N–H and O–H groups in total. The first-order chi connectivity index (χ1) is 69.5. The van der Waals surface area contributed by atoms with Crippen molar-refractivity contribution in [1.29, 1.82) is 0 Å². The van der Waals surface area contributed by atoms with Crippen molar-refractivity contribution >= 4 is 147 Å². The number of anilines is 6. The number of rotatable bonds is 24. The maximum absolute atomic E-state index is 11.0. The Morgan fingerprint density at radius 3 is 0.966 bits per heavy atom. The number of nitrogens with one attached hydrogen (secondary N) is 2.